The highest BCUT2D eigenvalue weighted by Gasteiger charge is 2.19. The lowest BCUT2D eigenvalue weighted by molar-refractivity contribution is -0.130. The second kappa shape index (κ2) is 9.01. The van der Waals surface area contributed by atoms with Crippen LogP contribution < -0.4 is 5.32 Å². The van der Waals surface area contributed by atoms with Crippen LogP contribution in [0.3, 0.4) is 0 Å². The summed E-state index contributed by atoms with van der Waals surface area (Å²) in [4.78, 5) is 12.3. The smallest absolute Gasteiger partial charge is 0.257 e. The van der Waals surface area contributed by atoms with Crippen LogP contribution in [-0.4, -0.2) is 23.2 Å². The van der Waals surface area contributed by atoms with Crippen LogP contribution in [0.5, 0.6) is 5.75 Å². The molecule has 0 saturated carbocycles. The van der Waals surface area contributed by atoms with Gasteiger partial charge in [-0.1, -0.05) is 55.5 Å². The van der Waals surface area contributed by atoms with E-state index in [1.807, 2.05) is 37.3 Å². The van der Waals surface area contributed by atoms with E-state index in [0.29, 0.717) is 5.56 Å². The molecule has 1 unspecified atom stereocenters. The molecule has 25 heavy (non-hydrogen) atoms. The Labute approximate surface area is 147 Å². The van der Waals surface area contributed by atoms with Crippen molar-refractivity contribution >= 4 is 5.91 Å². The van der Waals surface area contributed by atoms with Crippen LogP contribution in [-0.2, 0) is 9.53 Å². The van der Waals surface area contributed by atoms with E-state index in [0.717, 1.165) is 5.56 Å². The minimum absolute atomic E-state index is 0.151. The summed E-state index contributed by atoms with van der Waals surface area (Å²) in [5, 5.41) is 22.3. The number of aromatic hydroxyl groups is 1. The van der Waals surface area contributed by atoms with Crippen LogP contribution in [0, 0.1) is 5.92 Å². The number of nitrogens with one attached hydrogen (secondary N) is 1. The first kappa shape index (κ1) is 18.7. The highest BCUT2D eigenvalue weighted by molar-refractivity contribution is 5.83. The van der Waals surface area contributed by atoms with E-state index in [9.17, 15) is 15.0 Å². The third-order valence-corrected chi connectivity index (χ3v) is 3.93. The van der Waals surface area contributed by atoms with Crippen molar-refractivity contribution in [3.8, 4) is 5.75 Å². The monoisotopic (exact) mass is 341 g/mol. The zero-order valence-electron chi connectivity index (χ0n) is 14.3. The molecule has 0 aromatic heterocycles. The van der Waals surface area contributed by atoms with Gasteiger partial charge >= 0.3 is 0 Å². The number of hydrogen-bond acceptors (Lipinski definition) is 4. The lowest BCUT2D eigenvalue weighted by atomic mass is 9.97. The Morgan fingerprint density at radius 2 is 1.72 bits per heavy atom. The molecule has 2 aromatic carbocycles. The number of carbonyl (C=O) groups excluding carboxylic acids is 1. The molecule has 3 atom stereocenters. The summed E-state index contributed by atoms with van der Waals surface area (Å²) in [6.45, 7) is 1.84. The van der Waals surface area contributed by atoms with Crippen LogP contribution in [0.2, 0.25) is 0 Å². The number of phenolic OH excluding ortho intramolecular Hbond substituents is 1. The van der Waals surface area contributed by atoms with Crippen LogP contribution in [0.25, 0.3) is 0 Å². The molecule has 5 nitrogen and oxygen atoms in total. The molecule has 0 aliphatic rings. The summed E-state index contributed by atoms with van der Waals surface area (Å²) in [7, 11) is 1.48. The highest BCUT2D eigenvalue weighted by Crippen LogP contribution is 2.24. The fourth-order valence-electron chi connectivity index (χ4n) is 2.46. The number of aliphatic hydroxyl groups excluding tert-OH is 1. The molecule has 2 rings (SSSR count). The van der Waals surface area contributed by atoms with Crippen molar-refractivity contribution in [1.29, 1.82) is 0 Å². The van der Waals surface area contributed by atoms with Crippen LogP contribution in [0.15, 0.2) is 66.9 Å². The second-order valence-electron chi connectivity index (χ2n) is 5.79. The van der Waals surface area contributed by atoms with Gasteiger partial charge in [0, 0.05) is 19.2 Å². The second-order valence-corrected chi connectivity index (χ2v) is 5.79. The largest absolute Gasteiger partial charge is 0.508 e. The SMILES string of the molecule is COC(C(=O)N/C=C/[C@H](C)[C@H](O)c1ccc(O)cc1)c1ccccc1. The van der Waals surface area contributed by atoms with Crippen molar-refractivity contribution in [2.45, 2.75) is 19.1 Å². The van der Waals surface area contributed by atoms with Gasteiger partial charge in [-0.05, 0) is 23.3 Å². The van der Waals surface area contributed by atoms with Crippen molar-refractivity contribution in [3.63, 3.8) is 0 Å². The minimum atomic E-state index is -0.735. The molecule has 2 aromatic rings. The topological polar surface area (TPSA) is 78.8 Å². The zero-order valence-corrected chi connectivity index (χ0v) is 14.3. The molecule has 0 bridgehead atoms. The molecular formula is C20H23NO4. The number of ether oxygens (including phenoxy) is 1. The van der Waals surface area contributed by atoms with E-state index in [-0.39, 0.29) is 17.6 Å². The first-order valence-corrected chi connectivity index (χ1v) is 8.04. The first-order valence-electron chi connectivity index (χ1n) is 8.04. The maximum atomic E-state index is 12.3. The van der Waals surface area contributed by atoms with Crippen LogP contribution in [0.1, 0.15) is 30.3 Å². The Hall–Kier alpha value is -2.63. The van der Waals surface area contributed by atoms with Gasteiger partial charge < -0.3 is 20.3 Å². The molecule has 0 spiro atoms. The van der Waals surface area contributed by atoms with Crippen LogP contribution in [0.4, 0.5) is 0 Å². The van der Waals surface area contributed by atoms with Crippen LogP contribution >= 0.6 is 0 Å². The number of methoxy groups -OCH3 is 1. The van der Waals surface area contributed by atoms with E-state index in [2.05, 4.69) is 5.32 Å². The molecule has 0 saturated heterocycles. The number of carbonyl (C=O) groups is 1. The minimum Gasteiger partial charge on any atom is -0.508 e. The standard InChI is InChI=1S/C20H23NO4/c1-14(18(23)15-8-10-17(22)11-9-15)12-13-21-20(24)19(25-2)16-6-4-3-5-7-16/h3-14,18-19,22-23H,1-2H3,(H,21,24)/b13-12+/t14-,18-,19?/m0/s1. The van der Waals surface area contributed by atoms with Gasteiger partial charge in [0.2, 0.25) is 0 Å². The molecule has 5 heteroatoms. The number of rotatable bonds is 7. The average molecular weight is 341 g/mol. The Balaban J connectivity index is 1.94. The Bertz CT molecular complexity index is 697. The van der Waals surface area contributed by atoms with E-state index in [1.54, 1.807) is 18.2 Å². The number of aliphatic hydroxyl groups is 1. The summed E-state index contributed by atoms with van der Waals surface area (Å²) >= 11 is 0. The zero-order chi connectivity index (χ0) is 18.2. The van der Waals surface area contributed by atoms with Crippen molar-refractivity contribution in [2.75, 3.05) is 7.11 Å². The van der Waals surface area contributed by atoms with Gasteiger partial charge in [0.25, 0.3) is 5.91 Å². The van der Waals surface area contributed by atoms with E-state index in [4.69, 9.17) is 4.74 Å². The quantitative estimate of drug-likeness (QED) is 0.723. The third-order valence-electron chi connectivity index (χ3n) is 3.93. The van der Waals surface area contributed by atoms with Gasteiger partial charge in [-0.2, -0.15) is 0 Å². The van der Waals surface area contributed by atoms with Crippen molar-refractivity contribution < 1.29 is 19.7 Å². The predicted molar refractivity (Wildman–Crippen MR) is 95.7 cm³/mol. The number of hydrogen-bond donors (Lipinski definition) is 3. The number of phenols is 1. The van der Waals surface area contributed by atoms with Gasteiger partial charge in [-0.25, -0.2) is 0 Å². The molecule has 132 valence electrons. The predicted octanol–water partition coefficient (Wildman–Crippen LogP) is 3.08. The van der Waals surface area contributed by atoms with E-state index >= 15 is 0 Å². The van der Waals surface area contributed by atoms with Gasteiger partial charge in [-0.15, -0.1) is 0 Å². The Morgan fingerprint density at radius 3 is 2.32 bits per heavy atom. The third kappa shape index (κ3) is 5.17. The maximum Gasteiger partial charge on any atom is 0.257 e. The van der Waals surface area contributed by atoms with Gasteiger partial charge in [0.1, 0.15) is 5.75 Å². The molecular weight excluding hydrogens is 318 g/mol. The van der Waals surface area contributed by atoms with Gasteiger partial charge in [0.05, 0.1) is 6.10 Å². The normalized spacial score (nSPS) is 14.8. The molecule has 0 aliphatic carbocycles. The van der Waals surface area contributed by atoms with Gasteiger partial charge in [-0.3, -0.25) is 4.79 Å². The lowest BCUT2D eigenvalue weighted by Gasteiger charge is -2.17. The maximum absolute atomic E-state index is 12.3. The lowest BCUT2D eigenvalue weighted by Crippen LogP contribution is -2.26. The summed E-state index contributed by atoms with van der Waals surface area (Å²) in [5.41, 5.74) is 1.47. The van der Waals surface area contributed by atoms with E-state index < -0.39 is 12.2 Å². The molecule has 0 heterocycles. The first-order chi connectivity index (χ1) is 12.0. The van der Waals surface area contributed by atoms with Crippen molar-refractivity contribution in [1.82, 2.24) is 5.32 Å². The van der Waals surface area contributed by atoms with Crippen molar-refractivity contribution in [3.05, 3.63) is 78.0 Å². The fourth-order valence-corrected chi connectivity index (χ4v) is 2.46. The Morgan fingerprint density at radius 1 is 1.08 bits per heavy atom. The summed E-state index contributed by atoms with van der Waals surface area (Å²) < 4.78 is 5.26. The fraction of sp³-hybridized carbons (Fsp3) is 0.250. The van der Waals surface area contributed by atoms with Gasteiger partial charge in [0.15, 0.2) is 6.10 Å². The van der Waals surface area contributed by atoms with E-state index in [1.165, 1.54) is 25.4 Å². The molecule has 1 amide bonds. The number of amides is 1. The molecule has 0 radical (unpaired) electrons. The Kier molecular flexibility index (Phi) is 6.74. The number of benzene rings is 2. The molecule has 3 N–H and O–H groups in total. The summed E-state index contributed by atoms with van der Waals surface area (Å²) in [6.07, 6.45) is 1.81. The highest BCUT2D eigenvalue weighted by atomic mass is 16.5. The van der Waals surface area contributed by atoms with Crippen molar-refractivity contribution in [2.24, 2.45) is 5.92 Å². The molecule has 0 aliphatic heterocycles. The molecule has 0 fully saturated rings. The summed E-state index contributed by atoms with van der Waals surface area (Å²) in [5.74, 6) is -0.350. The summed E-state index contributed by atoms with van der Waals surface area (Å²) in [6, 6.07) is 15.6. The average Bonchev–Trinajstić information content (AvgIpc) is 2.63.